The summed E-state index contributed by atoms with van der Waals surface area (Å²) in [6.07, 6.45) is 0. The predicted molar refractivity (Wildman–Crippen MR) is 64.2 cm³/mol. The highest BCUT2D eigenvalue weighted by Crippen LogP contribution is 2.30. The average molecular weight is 269 g/mol. The van der Waals surface area contributed by atoms with Crippen molar-refractivity contribution >= 4 is 45.5 Å². The molecule has 2 rings (SSSR count). The Morgan fingerprint density at radius 2 is 2.24 bits per heavy atom. The van der Waals surface area contributed by atoms with Gasteiger partial charge in [0.1, 0.15) is 12.0 Å². The molecule has 0 unspecified atom stereocenters. The number of benzene rings is 1. The molecule has 1 N–H and O–H groups in total. The summed E-state index contributed by atoms with van der Waals surface area (Å²) < 4.78 is 6.16. The van der Waals surface area contributed by atoms with Gasteiger partial charge in [0.15, 0.2) is 4.34 Å². The van der Waals surface area contributed by atoms with Gasteiger partial charge in [0.25, 0.3) is 0 Å². The lowest BCUT2D eigenvalue weighted by molar-refractivity contribution is -0.130. The fraction of sp³-hybridized carbons (Fsp3) is 0.100. The van der Waals surface area contributed by atoms with E-state index in [1.807, 2.05) is 0 Å². The lowest BCUT2D eigenvalue weighted by atomic mass is 10.2. The Morgan fingerprint density at radius 3 is 2.88 bits per heavy atom. The van der Waals surface area contributed by atoms with E-state index in [4.69, 9.17) is 9.29 Å². The predicted octanol–water partition coefficient (Wildman–Crippen LogP) is 2.56. The molecule has 1 heterocycles. The Bertz CT molecular complexity index is 593. The summed E-state index contributed by atoms with van der Waals surface area (Å²) in [7, 11) is 0. The Balaban J connectivity index is 2.30. The number of rotatable bonds is 3. The van der Waals surface area contributed by atoms with Crippen molar-refractivity contribution in [2.75, 3.05) is 0 Å². The zero-order valence-corrected chi connectivity index (χ0v) is 10.3. The molecule has 0 bridgehead atoms. The number of carbonyl (C=O) groups excluding carboxylic acids is 1. The van der Waals surface area contributed by atoms with Gasteiger partial charge >= 0.3 is 11.9 Å². The number of carboxylic acid groups (broad SMARTS) is 1. The van der Waals surface area contributed by atoms with Crippen molar-refractivity contribution in [1.29, 1.82) is 0 Å². The molecule has 0 saturated heterocycles. The van der Waals surface area contributed by atoms with Crippen molar-refractivity contribution in [3.63, 3.8) is 0 Å². The van der Waals surface area contributed by atoms with Crippen LogP contribution < -0.4 is 0 Å². The fourth-order valence-electron chi connectivity index (χ4n) is 1.17. The van der Waals surface area contributed by atoms with E-state index in [-0.39, 0.29) is 5.56 Å². The van der Waals surface area contributed by atoms with Crippen LogP contribution in [-0.4, -0.2) is 22.0 Å². The van der Waals surface area contributed by atoms with Crippen LogP contribution in [0.4, 0.5) is 0 Å². The Morgan fingerprint density at radius 1 is 1.47 bits per heavy atom. The largest absolute Gasteiger partial charge is 0.478 e. The quantitative estimate of drug-likeness (QED) is 0.863. The molecule has 0 spiro atoms. The molecule has 0 atom stereocenters. The van der Waals surface area contributed by atoms with E-state index in [2.05, 4.69) is 4.98 Å². The molecule has 0 amide bonds. The van der Waals surface area contributed by atoms with Crippen molar-refractivity contribution < 1.29 is 18.9 Å². The molecule has 1 aromatic carbocycles. The topological polar surface area (TPSA) is 76.5 Å². The summed E-state index contributed by atoms with van der Waals surface area (Å²) >= 11 is 2.22. The number of thiazole rings is 1. The molecule has 0 aliphatic carbocycles. The molecule has 7 heteroatoms. The summed E-state index contributed by atoms with van der Waals surface area (Å²) in [5, 5.41) is 8.83. The van der Waals surface area contributed by atoms with E-state index in [9.17, 15) is 9.59 Å². The first kappa shape index (κ1) is 11.9. The monoisotopic (exact) mass is 269 g/mol. The van der Waals surface area contributed by atoms with E-state index in [0.29, 0.717) is 9.86 Å². The second-order valence-corrected chi connectivity index (χ2v) is 5.13. The van der Waals surface area contributed by atoms with Gasteiger partial charge < -0.3 is 9.29 Å². The highest BCUT2D eigenvalue weighted by atomic mass is 32.2. The van der Waals surface area contributed by atoms with Gasteiger partial charge in [0.2, 0.25) is 0 Å². The molecule has 0 aliphatic rings. The molecule has 0 radical (unpaired) electrons. The van der Waals surface area contributed by atoms with Gasteiger partial charge in [0.05, 0.1) is 15.8 Å². The molecule has 0 fully saturated rings. The van der Waals surface area contributed by atoms with Gasteiger partial charge in [-0.25, -0.2) is 9.78 Å². The maximum atomic E-state index is 10.8. The van der Waals surface area contributed by atoms with Crippen LogP contribution in [0.15, 0.2) is 22.5 Å². The van der Waals surface area contributed by atoms with Crippen LogP contribution >= 0.6 is 23.4 Å². The van der Waals surface area contributed by atoms with E-state index < -0.39 is 11.9 Å². The van der Waals surface area contributed by atoms with Gasteiger partial charge in [-0.05, 0) is 18.2 Å². The van der Waals surface area contributed by atoms with Crippen molar-refractivity contribution in [3.05, 3.63) is 23.8 Å². The number of hydrogen-bond acceptors (Lipinski definition) is 6. The van der Waals surface area contributed by atoms with Gasteiger partial charge in [-0.15, -0.1) is 11.3 Å². The molecule has 2 aromatic rings. The Labute approximate surface area is 105 Å². The lowest BCUT2D eigenvalue weighted by Gasteiger charge is -1.92. The molecule has 88 valence electrons. The zero-order chi connectivity index (χ0) is 12.4. The smallest absolute Gasteiger partial charge is 0.335 e. The molecular formula is C10H7NO4S2. The summed E-state index contributed by atoms with van der Waals surface area (Å²) in [6.45, 7) is 1.31. The van der Waals surface area contributed by atoms with Crippen LogP contribution in [0, 0.1) is 0 Å². The van der Waals surface area contributed by atoms with Gasteiger partial charge in [0, 0.05) is 6.92 Å². The van der Waals surface area contributed by atoms with Gasteiger partial charge in [-0.3, -0.25) is 4.79 Å². The van der Waals surface area contributed by atoms with Crippen LogP contribution in [-0.2, 0) is 8.98 Å². The van der Waals surface area contributed by atoms with E-state index in [1.165, 1.54) is 30.4 Å². The number of fused-ring (bicyclic) bond motifs is 1. The fourth-order valence-corrected chi connectivity index (χ4v) is 2.68. The number of aromatic carboxylic acids is 1. The maximum Gasteiger partial charge on any atom is 0.335 e. The molecule has 17 heavy (non-hydrogen) atoms. The van der Waals surface area contributed by atoms with Crippen LogP contribution in [0.5, 0.6) is 0 Å². The summed E-state index contributed by atoms with van der Waals surface area (Å²) in [4.78, 5) is 25.6. The van der Waals surface area contributed by atoms with Crippen LogP contribution in [0.3, 0.4) is 0 Å². The molecule has 0 aliphatic heterocycles. The molecular weight excluding hydrogens is 262 g/mol. The Hall–Kier alpha value is -1.60. The summed E-state index contributed by atoms with van der Waals surface area (Å²) in [5.74, 6) is -1.39. The molecule has 0 saturated carbocycles. The van der Waals surface area contributed by atoms with Gasteiger partial charge in [-0.1, -0.05) is 0 Å². The minimum Gasteiger partial charge on any atom is -0.478 e. The minimum atomic E-state index is -0.992. The van der Waals surface area contributed by atoms with Crippen LogP contribution in [0.1, 0.15) is 17.3 Å². The first-order valence-electron chi connectivity index (χ1n) is 4.55. The second kappa shape index (κ2) is 4.72. The van der Waals surface area contributed by atoms with Crippen molar-refractivity contribution in [2.45, 2.75) is 11.3 Å². The molecule has 5 nitrogen and oxygen atoms in total. The third kappa shape index (κ3) is 2.75. The zero-order valence-electron chi connectivity index (χ0n) is 8.67. The van der Waals surface area contributed by atoms with E-state index >= 15 is 0 Å². The third-order valence-corrected chi connectivity index (χ3v) is 3.68. The summed E-state index contributed by atoms with van der Waals surface area (Å²) in [5.41, 5.74) is 0.774. The van der Waals surface area contributed by atoms with Crippen molar-refractivity contribution in [3.8, 4) is 0 Å². The second-order valence-electron chi connectivity index (χ2n) is 3.13. The average Bonchev–Trinajstić information content (AvgIpc) is 2.67. The normalized spacial score (nSPS) is 10.4. The highest BCUT2D eigenvalue weighted by molar-refractivity contribution is 7.97. The molecule has 1 aromatic heterocycles. The first-order valence-corrected chi connectivity index (χ1v) is 6.11. The number of carboxylic acids is 1. The maximum absolute atomic E-state index is 10.8. The third-order valence-electron chi connectivity index (χ3n) is 1.85. The lowest BCUT2D eigenvalue weighted by Crippen LogP contribution is -1.94. The Kier molecular flexibility index (Phi) is 3.30. The standard InChI is InChI=1S/C10H7NO4S2/c1-5(12)15-17-10-11-7-4-6(9(13)14)2-3-8(7)16-10/h2-4H,1H3,(H,13,14). The number of hydrogen-bond donors (Lipinski definition) is 1. The number of carbonyl (C=O) groups is 2. The minimum absolute atomic E-state index is 0.187. The van der Waals surface area contributed by atoms with Crippen LogP contribution in [0.2, 0.25) is 0 Å². The van der Waals surface area contributed by atoms with Crippen LogP contribution in [0.25, 0.3) is 10.2 Å². The van der Waals surface area contributed by atoms with E-state index in [0.717, 1.165) is 16.7 Å². The SMILES string of the molecule is CC(=O)OSc1nc2cc(C(=O)O)ccc2s1. The summed E-state index contributed by atoms with van der Waals surface area (Å²) in [6, 6.07) is 4.70. The van der Waals surface area contributed by atoms with E-state index in [1.54, 1.807) is 6.07 Å². The highest BCUT2D eigenvalue weighted by Gasteiger charge is 2.09. The first-order chi connectivity index (χ1) is 8.06. The number of aromatic nitrogens is 1. The van der Waals surface area contributed by atoms with Crippen molar-refractivity contribution in [1.82, 2.24) is 4.98 Å². The van der Waals surface area contributed by atoms with Gasteiger partial charge in [-0.2, -0.15) is 0 Å². The van der Waals surface area contributed by atoms with Crippen molar-refractivity contribution in [2.24, 2.45) is 0 Å². The number of nitrogens with zero attached hydrogens (tertiary/aromatic N) is 1.